The predicted octanol–water partition coefficient (Wildman–Crippen LogP) is 6.45. The zero-order valence-electron chi connectivity index (χ0n) is 23.0. The van der Waals surface area contributed by atoms with E-state index in [0.717, 1.165) is 22.4 Å². The summed E-state index contributed by atoms with van der Waals surface area (Å²) >= 11 is 2.79. The third-order valence-electron chi connectivity index (χ3n) is 6.90. The van der Waals surface area contributed by atoms with Crippen molar-refractivity contribution >= 4 is 51.4 Å². The summed E-state index contributed by atoms with van der Waals surface area (Å²) in [6, 6.07) is 20.7. The van der Waals surface area contributed by atoms with Gasteiger partial charge >= 0.3 is 5.91 Å². The van der Waals surface area contributed by atoms with Crippen molar-refractivity contribution in [3.05, 3.63) is 106 Å². The predicted molar refractivity (Wildman–Crippen MR) is 162 cm³/mol. The minimum absolute atomic E-state index is 0.0420. The van der Waals surface area contributed by atoms with Gasteiger partial charge < -0.3 is 10.0 Å². The van der Waals surface area contributed by atoms with Gasteiger partial charge in [0, 0.05) is 31.1 Å². The van der Waals surface area contributed by atoms with Crippen molar-refractivity contribution in [2.45, 2.75) is 36.9 Å². The SMILES string of the molecule is Cc1ccc(CSc2nnc(N3C(=O)C(=O)C(=C(O)c4cc(C)ccc4C)C3c3ccc(N(C)C)cc3)s2)cc1. The molecular formula is C31H30N4O3S2. The number of aryl methyl sites for hydroxylation is 3. The van der Waals surface area contributed by atoms with Crippen LogP contribution in [0.1, 0.15) is 39.4 Å². The first-order chi connectivity index (χ1) is 19.1. The van der Waals surface area contributed by atoms with E-state index in [-0.39, 0.29) is 11.3 Å². The fourth-order valence-electron chi connectivity index (χ4n) is 4.62. The number of carbonyl (C=O) groups excluding carboxylic acids is 2. The average molecular weight is 571 g/mol. The molecule has 4 aromatic rings. The summed E-state index contributed by atoms with van der Waals surface area (Å²) < 4.78 is 0.689. The van der Waals surface area contributed by atoms with Crippen LogP contribution in [0.2, 0.25) is 0 Å². The number of ketones is 1. The lowest BCUT2D eigenvalue weighted by Crippen LogP contribution is -2.29. The normalized spacial score (nSPS) is 16.5. The maximum atomic E-state index is 13.5. The van der Waals surface area contributed by atoms with E-state index in [2.05, 4.69) is 34.5 Å². The van der Waals surface area contributed by atoms with Crippen LogP contribution >= 0.6 is 23.1 Å². The van der Waals surface area contributed by atoms with E-state index >= 15 is 0 Å². The quantitative estimate of drug-likeness (QED) is 0.0899. The second-order valence-corrected chi connectivity index (χ2v) is 12.3. The number of nitrogens with zero attached hydrogens (tertiary/aromatic N) is 4. The molecule has 9 heteroatoms. The van der Waals surface area contributed by atoms with Gasteiger partial charge in [-0.3, -0.25) is 14.5 Å². The van der Waals surface area contributed by atoms with Crippen LogP contribution in [0, 0.1) is 20.8 Å². The number of aliphatic hydroxyl groups excluding tert-OH is 1. The van der Waals surface area contributed by atoms with Gasteiger partial charge in [0.25, 0.3) is 5.78 Å². The van der Waals surface area contributed by atoms with Gasteiger partial charge in [0.05, 0.1) is 11.6 Å². The van der Waals surface area contributed by atoms with Crippen LogP contribution in [-0.4, -0.2) is 41.1 Å². The lowest BCUT2D eigenvalue weighted by atomic mass is 9.93. The van der Waals surface area contributed by atoms with Crippen molar-refractivity contribution in [3.8, 4) is 0 Å². The molecule has 1 aromatic heterocycles. The first-order valence-corrected chi connectivity index (χ1v) is 14.6. The van der Waals surface area contributed by atoms with Crippen molar-refractivity contribution in [1.82, 2.24) is 10.2 Å². The zero-order chi connectivity index (χ0) is 28.6. The minimum atomic E-state index is -0.848. The molecule has 40 heavy (non-hydrogen) atoms. The molecular weight excluding hydrogens is 541 g/mol. The van der Waals surface area contributed by atoms with Crippen LogP contribution in [0.5, 0.6) is 0 Å². The maximum Gasteiger partial charge on any atom is 0.301 e. The third-order valence-corrected chi connectivity index (χ3v) is 9.03. The summed E-state index contributed by atoms with van der Waals surface area (Å²) in [6.07, 6.45) is 0. The molecule has 0 radical (unpaired) electrons. The summed E-state index contributed by atoms with van der Waals surface area (Å²) in [4.78, 5) is 30.4. The fraction of sp³-hybridized carbons (Fsp3) is 0.226. The molecule has 1 aliphatic rings. The lowest BCUT2D eigenvalue weighted by Gasteiger charge is -2.23. The van der Waals surface area contributed by atoms with Gasteiger partial charge in [0.15, 0.2) is 4.34 Å². The Morgan fingerprint density at radius 2 is 1.62 bits per heavy atom. The number of hydrogen-bond acceptors (Lipinski definition) is 8. The summed E-state index contributed by atoms with van der Waals surface area (Å²) in [5, 5.41) is 20.5. The van der Waals surface area contributed by atoms with E-state index in [1.54, 1.807) is 0 Å². The van der Waals surface area contributed by atoms with E-state index in [1.165, 1.54) is 33.6 Å². The Kier molecular flexibility index (Phi) is 7.78. The Balaban J connectivity index is 1.56. The molecule has 204 valence electrons. The monoisotopic (exact) mass is 570 g/mol. The molecule has 5 rings (SSSR count). The van der Waals surface area contributed by atoms with E-state index in [4.69, 9.17) is 0 Å². The maximum absolute atomic E-state index is 13.5. The number of Topliss-reactive ketones (excluding diaryl/α,β-unsaturated/α-hetero) is 1. The van der Waals surface area contributed by atoms with Gasteiger partial charge in [0.1, 0.15) is 5.76 Å². The molecule has 0 bridgehead atoms. The van der Waals surface area contributed by atoms with Crippen LogP contribution < -0.4 is 9.80 Å². The molecule has 1 N–H and O–H groups in total. The van der Waals surface area contributed by atoms with Crippen LogP contribution in [0.4, 0.5) is 10.8 Å². The first kappa shape index (κ1) is 27.6. The van der Waals surface area contributed by atoms with Crippen LogP contribution in [-0.2, 0) is 15.3 Å². The largest absolute Gasteiger partial charge is 0.507 e. The highest BCUT2D eigenvalue weighted by Gasteiger charge is 2.48. The molecule has 0 aliphatic carbocycles. The first-order valence-electron chi connectivity index (χ1n) is 12.8. The molecule has 1 atom stereocenters. The highest BCUT2D eigenvalue weighted by molar-refractivity contribution is 8.00. The topological polar surface area (TPSA) is 86.6 Å². The average Bonchev–Trinajstić information content (AvgIpc) is 3.51. The molecule has 0 saturated carbocycles. The Morgan fingerprint density at radius 1 is 0.950 bits per heavy atom. The number of aromatic nitrogens is 2. The van der Waals surface area contributed by atoms with Crippen LogP contribution in [0.25, 0.3) is 5.76 Å². The standard InChI is InChI=1S/C31H30N4O3S2/c1-18-7-10-21(11-8-18)17-39-31-33-32-30(40-31)35-26(22-12-14-23(15-13-22)34(4)5)25(28(37)29(35)38)27(36)24-16-19(2)6-9-20(24)3/h6-16,26,36H,17H2,1-5H3. The van der Waals surface area contributed by atoms with E-state index in [9.17, 15) is 14.7 Å². The van der Waals surface area contributed by atoms with Gasteiger partial charge in [-0.15, -0.1) is 10.2 Å². The second kappa shape index (κ2) is 11.3. The number of carbonyl (C=O) groups is 2. The lowest BCUT2D eigenvalue weighted by molar-refractivity contribution is -0.132. The molecule has 1 saturated heterocycles. The molecule has 3 aromatic carbocycles. The number of thioether (sulfide) groups is 1. The second-order valence-electron chi connectivity index (χ2n) is 10.1. The summed E-state index contributed by atoms with van der Waals surface area (Å²) in [6.45, 7) is 5.84. The van der Waals surface area contributed by atoms with Crippen molar-refractivity contribution in [2.75, 3.05) is 23.9 Å². The number of amides is 1. The van der Waals surface area contributed by atoms with Gasteiger partial charge in [-0.2, -0.15) is 0 Å². The van der Waals surface area contributed by atoms with Crippen LogP contribution in [0.15, 0.2) is 76.6 Å². The molecule has 1 aliphatic heterocycles. The molecule has 1 fully saturated rings. The number of anilines is 2. The van der Waals surface area contributed by atoms with E-state index in [1.807, 2.05) is 82.2 Å². The third kappa shape index (κ3) is 5.39. The smallest absolute Gasteiger partial charge is 0.301 e. The summed E-state index contributed by atoms with van der Waals surface area (Å²) in [7, 11) is 3.89. The number of aliphatic hydroxyl groups is 1. The number of benzene rings is 3. The number of hydrogen-bond donors (Lipinski definition) is 1. The zero-order valence-corrected chi connectivity index (χ0v) is 24.6. The van der Waals surface area contributed by atoms with Crippen molar-refractivity contribution in [1.29, 1.82) is 0 Å². The van der Waals surface area contributed by atoms with E-state index in [0.29, 0.717) is 26.4 Å². The Bertz CT molecular complexity index is 1610. The molecule has 1 amide bonds. The Morgan fingerprint density at radius 3 is 2.30 bits per heavy atom. The van der Waals surface area contributed by atoms with Gasteiger partial charge in [-0.05, 0) is 55.7 Å². The van der Waals surface area contributed by atoms with Crippen LogP contribution in [0.3, 0.4) is 0 Å². The molecule has 1 unspecified atom stereocenters. The Labute approximate surface area is 242 Å². The molecule has 7 nitrogen and oxygen atoms in total. The van der Waals surface area contributed by atoms with Gasteiger partial charge in [0.2, 0.25) is 5.13 Å². The summed E-state index contributed by atoms with van der Waals surface area (Å²) in [5.74, 6) is -0.971. The van der Waals surface area contributed by atoms with E-state index < -0.39 is 17.7 Å². The molecule has 0 spiro atoms. The van der Waals surface area contributed by atoms with Gasteiger partial charge in [-0.25, -0.2) is 0 Å². The van der Waals surface area contributed by atoms with Crippen molar-refractivity contribution in [3.63, 3.8) is 0 Å². The highest BCUT2D eigenvalue weighted by Crippen LogP contribution is 2.44. The number of rotatable bonds is 7. The minimum Gasteiger partial charge on any atom is -0.507 e. The highest BCUT2D eigenvalue weighted by atomic mass is 32.2. The molecule has 2 heterocycles. The summed E-state index contributed by atoms with van der Waals surface area (Å²) in [5.41, 5.74) is 6.33. The fourth-order valence-corrected chi connectivity index (χ4v) is 6.45. The van der Waals surface area contributed by atoms with Gasteiger partial charge in [-0.1, -0.05) is 82.8 Å². The Hall–Kier alpha value is -3.95. The van der Waals surface area contributed by atoms with Crippen molar-refractivity contribution in [2.24, 2.45) is 0 Å². The van der Waals surface area contributed by atoms with Crippen molar-refractivity contribution < 1.29 is 14.7 Å².